The largest absolute Gasteiger partial charge is 0.348 e. The second-order valence-corrected chi connectivity index (χ2v) is 6.20. The fourth-order valence-corrected chi connectivity index (χ4v) is 3.36. The third-order valence-corrected chi connectivity index (χ3v) is 4.67. The SMILES string of the molecule is Cc1cccc(C2(C(=O)NCc3nncn3C)CCCC2)c1. The van der Waals surface area contributed by atoms with Gasteiger partial charge in [-0.1, -0.05) is 42.7 Å². The number of nitrogens with one attached hydrogen (secondary N) is 1. The molecule has 1 aromatic carbocycles. The molecule has 1 N–H and O–H groups in total. The Labute approximate surface area is 130 Å². The maximum Gasteiger partial charge on any atom is 0.231 e. The summed E-state index contributed by atoms with van der Waals surface area (Å²) in [4.78, 5) is 12.9. The molecule has 1 aliphatic carbocycles. The molecule has 1 saturated carbocycles. The Morgan fingerprint density at radius 2 is 2.14 bits per heavy atom. The molecule has 0 aliphatic heterocycles. The Balaban J connectivity index is 1.81. The van der Waals surface area contributed by atoms with Gasteiger partial charge in [-0.05, 0) is 25.3 Å². The lowest BCUT2D eigenvalue weighted by Crippen LogP contribution is -2.42. The van der Waals surface area contributed by atoms with Crippen molar-refractivity contribution in [1.82, 2.24) is 20.1 Å². The summed E-state index contributed by atoms with van der Waals surface area (Å²) in [6, 6.07) is 8.34. The molecule has 2 aromatic rings. The number of amides is 1. The van der Waals surface area contributed by atoms with E-state index in [1.54, 1.807) is 6.33 Å². The normalized spacial score (nSPS) is 16.6. The maximum atomic E-state index is 12.9. The average molecular weight is 298 g/mol. The molecule has 1 amide bonds. The molecule has 0 spiro atoms. The van der Waals surface area contributed by atoms with Gasteiger partial charge in [0.1, 0.15) is 6.33 Å². The number of benzene rings is 1. The molecule has 5 nitrogen and oxygen atoms in total. The van der Waals surface area contributed by atoms with Crippen LogP contribution in [-0.2, 0) is 23.8 Å². The lowest BCUT2D eigenvalue weighted by atomic mass is 9.77. The van der Waals surface area contributed by atoms with Crippen LogP contribution in [0.4, 0.5) is 0 Å². The van der Waals surface area contributed by atoms with Crippen molar-refractivity contribution in [2.75, 3.05) is 0 Å². The molecule has 3 rings (SSSR count). The molecule has 22 heavy (non-hydrogen) atoms. The first-order valence-corrected chi connectivity index (χ1v) is 7.80. The minimum Gasteiger partial charge on any atom is -0.348 e. The number of aryl methyl sites for hydroxylation is 2. The van der Waals surface area contributed by atoms with Crippen molar-refractivity contribution in [3.8, 4) is 0 Å². The molecule has 0 atom stereocenters. The van der Waals surface area contributed by atoms with E-state index in [0.29, 0.717) is 6.54 Å². The number of carbonyl (C=O) groups is 1. The van der Waals surface area contributed by atoms with E-state index in [1.165, 1.54) is 5.56 Å². The quantitative estimate of drug-likeness (QED) is 0.942. The van der Waals surface area contributed by atoms with Crippen molar-refractivity contribution >= 4 is 5.91 Å². The van der Waals surface area contributed by atoms with Crippen LogP contribution in [0.15, 0.2) is 30.6 Å². The maximum absolute atomic E-state index is 12.9. The van der Waals surface area contributed by atoms with Gasteiger partial charge >= 0.3 is 0 Å². The van der Waals surface area contributed by atoms with E-state index in [9.17, 15) is 4.79 Å². The van der Waals surface area contributed by atoms with E-state index < -0.39 is 0 Å². The van der Waals surface area contributed by atoms with Gasteiger partial charge in [0, 0.05) is 7.05 Å². The van der Waals surface area contributed by atoms with Crippen LogP contribution in [0.1, 0.15) is 42.6 Å². The summed E-state index contributed by atoms with van der Waals surface area (Å²) in [5.74, 6) is 0.879. The van der Waals surface area contributed by atoms with Crippen LogP contribution in [0.5, 0.6) is 0 Å². The molecule has 0 bridgehead atoms. The summed E-state index contributed by atoms with van der Waals surface area (Å²) in [5, 5.41) is 10.9. The van der Waals surface area contributed by atoms with Gasteiger partial charge in [-0.2, -0.15) is 0 Å². The van der Waals surface area contributed by atoms with Crippen molar-refractivity contribution in [3.63, 3.8) is 0 Å². The second-order valence-electron chi connectivity index (χ2n) is 6.20. The van der Waals surface area contributed by atoms with Gasteiger partial charge in [0.25, 0.3) is 0 Å². The molecular weight excluding hydrogens is 276 g/mol. The van der Waals surface area contributed by atoms with Crippen LogP contribution in [0.2, 0.25) is 0 Å². The fraction of sp³-hybridized carbons (Fsp3) is 0.471. The lowest BCUT2D eigenvalue weighted by molar-refractivity contribution is -0.126. The van der Waals surface area contributed by atoms with Crippen LogP contribution in [0.3, 0.4) is 0 Å². The minimum atomic E-state index is -0.384. The van der Waals surface area contributed by atoms with Gasteiger partial charge in [-0.15, -0.1) is 10.2 Å². The van der Waals surface area contributed by atoms with Crippen molar-refractivity contribution < 1.29 is 4.79 Å². The summed E-state index contributed by atoms with van der Waals surface area (Å²) in [6.07, 6.45) is 5.69. The summed E-state index contributed by atoms with van der Waals surface area (Å²) in [5.41, 5.74) is 1.95. The molecule has 1 fully saturated rings. The summed E-state index contributed by atoms with van der Waals surface area (Å²) in [7, 11) is 1.88. The van der Waals surface area contributed by atoms with Gasteiger partial charge in [0.2, 0.25) is 5.91 Å². The van der Waals surface area contributed by atoms with Crippen LogP contribution in [-0.4, -0.2) is 20.7 Å². The highest BCUT2D eigenvalue weighted by Crippen LogP contribution is 2.41. The van der Waals surface area contributed by atoms with Crippen LogP contribution in [0, 0.1) is 6.92 Å². The predicted octanol–water partition coefficient (Wildman–Crippen LogP) is 2.25. The Hall–Kier alpha value is -2.17. The van der Waals surface area contributed by atoms with Crippen LogP contribution in [0.25, 0.3) is 0 Å². The summed E-state index contributed by atoms with van der Waals surface area (Å²) in [6.45, 7) is 2.49. The van der Waals surface area contributed by atoms with E-state index in [1.807, 2.05) is 17.7 Å². The standard InChI is InChI=1S/C17H22N4O/c1-13-6-5-7-14(10-13)17(8-3-4-9-17)16(22)18-11-15-20-19-12-21(15)2/h5-7,10,12H,3-4,8-9,11H2,1-2H3,(H,18,22). The van der Waals surface area contributed by atoms with Gasteiger partial charge in [0.15, 0.2) is 5.82 Å². The molecule has 1 aliphatic rings. The first kappa shape index (κ1) is 14.8. The fourth-order valence-electron chi connectivity index (χ4n) is 3.36. The highest BCUT2D eigenvalue weighted by Gasteiger charge is 2.42. The highest BCUT2D eigenvalue weighted by molar-refractivity contribution is 5.88. The van der Waals surface area contributed by atoms with Gasteiger partial charge in [-0.3, -0.25) is 4.79 Å². The molecule has 0 unspecified atom stereocenters. The molecule has 1 aromatic heterocycles. The number of rotatable bonds is 4. The van der Waals surface area contributed by atoms with Gasteiger partial charge in [-0.25, -0.2) is 0 Å². The topological polar surface area (TPSA) is 59.8 Å². The van der Waals surface area contributed by atoms with E-state index in [0.717, 1.165) is 37.1 Å². The molecule has 5 heteroatoms. The summed E-state index contributed by atoms with van der Waals surface area (Å²) < 4.78 is 1.83. The van der Waals surface area contributed by atoms with E-state index in [2.05, 4.69) is 40.6 Å². The number of hydrogen-bond acceptors (Lipinski definition) is 3. The smallest absolute Gasteiger partial charge is 0.231 e. The summed E-state index contributed by atoms with van der Waals surface area (Å²) >= 11 is 0. The highest BCUT2D eigenvalue weighted by atomic mass is 16.2. The van der Waals surface area contributed by atoms with Crippen molar-refractivity contribution in [2.45, 2.75) is 44.6 Å². The van der Waals surface area contributed by atoms with Crippen LogP contribution >= 0.6 is 0 Å². The molecule has 0 saturated heterocycles. The Morgan fingerprint density at radius 1 is 1.36 bits per heavy atom. The van der Waals surface area contributed by atoms with E-state index in [4.69, 9.17) is 0 Å². The average Bonchev–Trinajstić information content (AvgIpc) is 3.15. The lowest BCUT2D eigenvalue weighted by Gasteiger charge is -2.28. The Bertz CT molecular complexity index is 671. The monoisotopic (exact) mass is 298 g/mol. The number of carbonyl (C=O) groups excluding carboxylic acids is 1. The predicted molar refractivity (Wildman–Crippen MR) is 84.2 cm³/mol. The number of aromatic nitrogens is 3. The molecule has 1 heterocycles. The second kappa shape index (κ2) is 5.91. The zero-order valence-corrected chi connectivity index (χ0v) is 13.2. The first-order chi connectivity index (χ1) is 10.6. The molecule has 0 radical (unpaired) electrons. The molecule has 116 valence electrons. The van der Waals surface area contributed by atoms with Crippen molar-refractivity contribution in [2.24, 2.45) is 7.05 Å². The van der Waals surface area contributed by atoms with E-state index >= 15 is 0 Å². The van der Waals surface area contributed by atoms with Gasteiger partial charge in [0.05, 0.1) is 12.0 Å². The number of hydrogen-bond donors (Lipinski definition) is 1. The third-order valence-electron chi connectivity index (χ3n) is 4.67. The first-order valence-electron chi connectivity index (χ1n) is 7.80. The minimum absolute atomic E-state index is 0.110. The van der Waals surface area contributed by atoms with Crippen LogP contribution < -0.4 is 5.32 Å². The third kappa shape index (κ3) is 2.63. The van der Waals surface area contributed by atoms with Gasteiger partial charge < -0.3 is 9.88 Å². The zero-order valence-electron chi connectivity index (χ0n) is 13.2. The van der Waals surface area contributed by atoms with Crippen molar-refractivity contribution in [1.29, 1.82) is 0 Å². The van der Waals surface area contributed by atoms with Crippen molar-refractivity contribution in [3.05, 3.63) is 47.5 Å². The molecular formula is C17H22N4O. The van der Waals surface area contributed by atoms with E-state index in [-0.39, 0.29) is 11.3 Å². The zero-order chi connectivity index (χ0) is 15.6. The Morgan fingerprint density at radius 3 is 2.77 bits per heavy atom. The Kier molecular flexibility index (Phi) is 3.96. The number of nitrogens with zero attached hydrogens (tertiary/aromatic N) is 3.